The van der Waals surface area contributed by atoms with Gasteiger partial charge in [0.15, 0.2) is 0 Å². The summed E-state index contributed by atoms with van der Waals surface area (Å²) in [5, 5.41) is 4.32. The molecule has 0 radical (unpaired) electrons. The van der Waals surface area contributed by atoms with Crippen LogP contribution in [-0.2, 0) is 4.79 Å². The van der Waals surface area contributed by atoms with Gasteiger partial charge in [-0.3, -0.25) is 4.79 Å². The van der Waals surface area contributed by atoms with E-state index in [4.69, 9.17) is 0 Å². The Bertz CT molecular complexity index is 356. The molecule has 0 unspecified atom stereocenters. The van der Waals surface area contributed by atoms with Crippen molar-refractivity contribution in [2.45, 2.75) is 104 Å². The van der Waals surface area contributed by atoms with E-state index < -0.39 is 0 Å². The summed E-state index contributed by atoms with van der Waals surface area (Å²) < 4.78 is 0. The molecule has 1 aliphatic heterocycles. The van der Waals surface area contributed by atoms with Crippen molar-refractivity contribution in [1.29, 1.82) is 0 Å². The van der Waals surface area contributed by atoms with E-state index in [1.807, 2.05) is 0 Å². The number of nitrogens with zero attached hydrogens (tertiary/aromatic N) is 2. The van der Waals surface area contributed by atoms with Crippen LogP contribution in [-0.4, -0.2) is 35.7 Å². The predicted octanol–water partition coefficient (Wildman–Crippen LogP) is 4.88. The molecule has 1 rings (SSSR count). The first-order valence-corrected chi connectivity index (χ1v) is 10.2. The van der Waals surface area contributed by atoms with E-state index >= 15 is 0 Å². The van der Waals surface area contributed by atoms with Gasteiger partial charge in [-0.1, -0.05) is 58.3 Å². The first kappa shape index (κ1) is 21.1. The van der Waals surface area contributed by atoms with Crippen LogP contribution in [0.3, 0.4) is 0 Å². The molecule has 1 aliphatic rings. The van der Waals surface area contributed by atoms with Crippen LogP contribution in [0.4, 0.5) is 0 Å². The lowest BCUT2D eigenvalue weighted by atomic mass is 10.1. The molecule has 4 heteroatoms. The van der Waals surface area contributed by atoms with Gasteiger partial charge in [0.1, 0.15) is 0 Å². The third-order valence-corrected chi connectivity index (χ3v) is 4.95. The van der Waals surface area contributed by atoms with Crippen LogP contribution in [0.2, 0.25) is 0 Å². The smallest absolute Gasteiger partial charge is 0.240 e. The van der Waals surface area contributed by atoms with E-state index in [0.29, 0.717) is 12.5 Å². The van der Waals surface area contributed by atoms with E-state index in [0.717, 1.165) is 38.1 Å². The van der Waals surface area contributed by atoms with Crippen molar-refractivity contribution >= 4 is 11.6 Å². The summed E-state index contributed by atoms with van der Waals surface area (Å²) in [4.78, 5) is 14.3. The molecule has 0 atom stereocenters. The SMILES string of the molecule is CCCCCCCCCCCC(=O)NN=C1CCN(C(C)C)CC1. The molecule has 0 saturated carbocycles. The first-order chi connectivity index (χ1) is 11.6. The molecular formula is C20H39N3O. The number of piperidine rings is 1. The topological polar surface area (TPSA) is 44.7 Å². The quantitative estimate of drug-likeness (QED) is 0.407. The molecule has 1 N–H and O–H groups in total. The van der Waals surface area contributed by atoms with Crippen molar-refractivity contribution in [2.24, 2.45) is 5.10 Å². The standard InChI is InChI=1S/C20H39N3O/c1-4-5-6-7-8-9-10-11-12-13-20(24)22-21-19-14-16-23(17-15-19)18(2)3/h18H,4-17H2,1-3H3,(H,22,24). The van der Waals surface area contributed by atoms with Crippen LogP contribution in [0.15, 0.2) is 5.10 Å². The molecule has 4 nitrogen and oxygen atoms in total. The summed E-state index contributed by atoms with van der Waals surface area (Å²) >= 11 is 0. The average Bonchev–Trinajstić information content (AvgIpc) is 2.59. The lowest BCUT2D eigenvalue weighted by Crippen LogP contribution is -2.39. The van der Waals surface area contributed by atoms with Gasteiger partial charge < -0.3 is 4.90 Å². The van der Waals surface area contributed by atoms with Crippen LogP contribution in [0, 0.1) is 0 Å². The van der Waals surface area contributed by atoms with Gasteiger partial charge in [-0.15, -0.1) is 0 Å². The van der Waals surface area contributed by atoms with Gasteiger partial charge in [0.2, 0.25) is 5.91 Å². The normalized spacial score (nSPS) is 15.8. The number of unbranched alkanes of at least 4 members (excludes halogenated alkanes) is 8. The highest BCUT2D eigenvalue weighted by Crippen LogP contribution is 2.11. The van der Waals surface area contributed by atoms with Gasteiger partial charge in [-0.2, -0.15) is 5.10 Å². The third kappa shape index (κ3) is 10.1. The van der Waals surface area contributed by atoms with Crippen molar-refractivity contribution in [2.75, 3.05) is 13.1 Å². The molecule has 1 saturated heterocycles. The van der Waals surface area contributed by atoms with Crippen molar-refractivity contribution in [3.63, 3.8) is 0 Å². The van der Waals surface area contributed by atoms with Crippen LogP contribution in [0.5, 0.6) is 0 Å². The zero-order chi connectivity index (χ0) is 17.6. The maximum atomic E-state index is 11.8. The fourth-order valence-corrected chi connectivity index (χ4v) is 3.20. The Balaban J connectivity index is 1.98. The molecule has 140 valence electrons. The molecule has 0 aliphatic carbocycles. The van der Waals surface area contributed by atoms with Crippen molar-refractivity contribution in [1.82, 2.24) is 10.3 Å². The van der Waals surface area contributed by atoms with E-state index in [1.165, 1.54) is 51.4 Å². The number of rotatable bonds is 12. The second-order valence-electron chi connectivity index (χ2n) is 7.42. The maximum absolute atomic E-state index is 11.8. The van der Waals surface area contributed by atoms with Gasteiger partial charge in [-0.25, -0.2) is 5.43 Å². The number of hydrogen-bond acceptors (Lipinski definition) is 3. The number of hydrogen-bond donors (Lipinski definition) is 1. The highest BCUT2D eigenvalue weighted by atomic mass is 16.2. The molecule has 24 heavy (non-hydrogen) atoms. The molecular weight excluding hydrogens is 298 g/mol. The van der Waals surface area contributed by atoms with Crippen LogP contribution < -0.4 is 5.43 Å². The Labute approximate surface area is 149 Å². The van der Waals surface area contributed by atoms with Crippen LogP contribution in [0.25, 0.3) is 0 Å². The summed E-state index contributed by atoms with van der Waals surface area (Å²) in [6.07, 6.45) is 14.1. The van der Waals surface area contributed by atoms with E-state index in [1.54, 1.807) is 0 Å². The minimum atomic E-state index is 0.0803. The highest BCUT2D eigenvalue weighted by Gasteiger charge is 2.17. The second-order valence-corrected chi connectivity index (χ2v) is 7.42. The maximum Gasteiger partial charge on any atom is 0.240 e. The fraction of sp³-hybridized carbons (Fsp3) is 0.900. The molecule has 1 fully saturated rings. The summed E-state index contributed by atoms with van der Waals surface area (Å²) in [6.45, 7) is 8.84. The van der Waals surface area contributed by atoms with Gasteiger partial charge >= 0.3 is 0 Å². The molecule has 0 bridgehead atoms. The molecule has 1 amide bonds. The molecule has 0 aromatic heterocycles. The summed E-state index contributed by atoms with van der Waals surface area (Å²) in [7, 11) is 0. The summed E-state index contributed by atoms with van der Waals surface area (Å²) in [5.74, 6) is 0.0803. The number of amides is 1. The van der Waals surface area contributed by atoms with Gasteiger partial charge in [0.25, 0.3) is 0 Å². The second kappa shape index (κ2) is 13.4. The Morgan fingerprint density at radius 2 is 1.54 bits per heavy atom. The van der Waals surface area contributed by atoms with Gasteiger partial charge in [0.05, 0.1) is 0 Å². The molecule has 0 aromatic carbocycles. The largest absolute Gasteiger partial charge is 0.300 e. The molecule has 0 spiro atoms. The Kier molecular flexibility index (Phi) is 11.8. The fourth-order valence-electron chi connectivity index (χ4n) is 3.20. The molecule has 1 heterocycles. The Morgan fingerprint density at radius 1 is 1.00 bits per heavy atom. The number of carbonyl (C=O) groups excluding carboxylic acids is 1. The van der Waals surface area contributed by atoms with Gasteiger partial charge in [-0.05, 0) is 20.3 Å². The Hall–Kier alpha value is -0.900. The predicted molar refractivity (Wildman–Crippen MR) is 103 cm³/mol. The minimum absolute atomic E-state index is 0.0803. The lowest BCUT2D eigenvalue weighted by Gasteiger charge is -2.30. The van der Waals surface area contributed by atoms with Crippen LogP contribution in [0.1, 0.15) is 97.8 Å². The van der Waals surface area contributed by atoms with E-state index in [-0.39, 0.29) is 5.91 Å². The number of hydrazone groups is 1. The van der Waals surface area contributed by atoms with Crippen molar-refractivity contribution in [3.05, 3.63) is 0 Å². The molecule has 0 aromatic rings. The summed E-state index contributed by atoms with van der Waals surface area (Å²) in [5.41, 5.74) is 3.90. The monoisotopic (exact) mass is 337 g/mol. The average molecular weight is 338 g/mol. The first-order valence-electron chi connectivity index (χ1n) is 10.2. The zero-order valence-electron chi connectivity index (χ0n) is 16.3. The highest BCUT2D eigenvalue weighted by molar-refractivity contribution is 5.87. The van der Waals surface area contributed by atoms with Crippen molar-refractivity contribution < 1.29 is 4.79 Å². The van der Waals surface area contributed by atoms with E-state index in [2.05, 4.69) is 36.2 Å². The van der Waals surface area contributed by atoms with Crippen LogP contribution >= 0.6 is 0 Å². The minimum Gasteiger partial charge on any atom is -0.300 e. The number of carbonyl (C=O) groups is 1. The van der Waals surface area contributed by atoms with Gasteiger partial charge in [0, 0.05) is 44.1 Å². The Morgan fingerprint density at radius 3 is 2.08 bits per heavy atom. The van der Waals surface area contributed by atoms with E-state index in [9.17, 15) is 4.79 Å². The number of nitrogens with one attached hydrogen (secondary N) is 1. The lowest BCUT2D eigenvalue weighted by molar-refractivity contribution is -0.121. The van der Waals surface area contributed by atoms with Crippen molar-refractivity contribution in [3.8, 4) is 0 Å². The third-order valence-electron chi connectivity index (χ3n) is 4.95. The number of likely N-dealkylation sites (tertiary alicyclic amines) is 1. The zero-order valence-corrected chi connectivity index (χ0v) is 16.3. The summed E-state index contributed by atoms with van der Waals surface area (Å²) in [6, 6.07) is 0.604.